The van der Waals surface area contributed by atoms with Crippen molar-refractivity contribution >= 4 is 15.1 Å². The van der Waals surface area contributed by atoms with Crippen molar-refractivity contribution in [3.63, 3.8) is 0 Å². The number of rotatable bonds is 2. The number of nitrogens with two attached hydrogens (primary N) is 1. The molecule has 0 aliphatic rings. The minimum Gasteiger partial charge on any atom is -0.503 e. The molecule has 0 fully saturated rings. The van der Waals surface area contributed by atoms with Gasteiger partial charge in [-0.1, -0.05) is 27.6 Å². The van der Waals surface area contributed by atoms with Crippen LogP contribution in [0.25, 0.3) is 5.53 Å². The first-order chi connectivity index (χ1) is 4.84. The third kappa shape index (κ3) is 1.67. The van der Waals surface area contributed by atoms with E-state index in [-0.39, 0.29) is 0 Å². The average Bonchev–Trinajstić information content (AvgIpc) is 2.05. The largest absolute Gasteiger partial charge is 0.503 e. The summed E-state index contributed by atoms with van der Waals surface area (Å²) in [6.07, 6.45) is 0. The van der Waals surface area contributed by atoms with Crippen molar-refractivity contribution in [3.8, 4) is 0 Å². The molecule has 4 heteroatoms. The second-order valence-corrected chi connectivity index (χ2v) is 2.28. The average molecular weight is 154 g/mol. The Hall–Kier alpha value is -0.630. The van der Waals surface area contributed by atoms with E-state index < -0.39 is 0 Å². The second-order valence-electron chi connectivity index (χ2n) is 1.80. The first-order valence-corrected chi connectivity index (χ1v) is 3.37. The molecule has 0 aromatic heterocycles. The fraction of sp³-hybridized carbons (Fsp3) is 0. The van der Waals surface area contributed by atoms with E-state index in [9.17, 15) is 0 Å². The molecule has 0 saturated heterocycles. The topological polar surface area (TPSA) is 43.4 Å². The number of hydrogen-bond acceptors (Lipinski definition) is 2. The van der Waals surface area contributed by atoms with Gasteiger partial charge in [0.2, 0.25) is 0 Å². The van der Waals surface area contributed by atoms with Gasteiger partial charge in [0.15, 0.2) is 0 Å². The van der Waals surface area contributed by atoms with E-state index in [2.05, 4.69) is 14.9 Å². The summed E-state index contributed by atoms with van der Waals surface area (Å²) in [4.78, 5) is 0. The third-order valence-corrected chi connectivity index (χ3v) is 1.58. The van der Waals surface area contributed by atoms with Crippen LogP contribution < -0.4 is 10.6 Å². The summed E-state index contributed by atoms with van der Waals surface area (Å²) < 4.78 is 1.53. The van der Waals surface area contributed by atoms with Crippen LogP contribution in [-0.2, 0) is 0 Å². The molecule has 0 aliphatic carbocycles. The Kier molecular flexibility index (Phi) is 2.63. The summed E-state index contributed by atoms with van der Waals surface area (Å²) in [5.74, 6) is 5.03. The number of benzene rings is 1. The van der Waals surface area contributed by atoms with Crippen LogP contribution in [0.15, 0.2) is 30.3 Å². The Balaban J connectivity index is 2.75. The first-order valence-electron chi connectivity index (χ1n) is 2.85. The zero-order valence-electron chi connectivity index (χ0n) is 5.44. The van der Waals surface area contributed by atoms with Crippen molar-refractivity contribution in [3.05, 3.63) is 35.9 Å². The van der Waals surface area contributed by atoms with Gasteiger partial charge in [0.25, 0.3) is 0 Å². The molecular weight excluding hydrogens is 145 g/mol. The smallest absolute Gasteiger partial charge is 0.0232 e. The van der Waals surface area contributed by atoms with Crippen molar-refractivity contribution < 1.29 is 0 Å². The van der Waals surface area contributed by atoms with Gasteiger partial charge in [-0.2, -0.15) is 0 Å². The van der Waals surface area contributed by atoms with E-state index >= 15 is 0 Å². The number of hydrogen-bond donors (Lipinski definition) is 1. The highest BCUT2D eigenvalue weighted by molar-refractivity contribution is 7.19. The highest BCUT2D eigenvalue weighted by Crippen LogP contribution is 2.17. The lowest BCUT2D eigenvalue weighted by Gasteiger charge is -2.30. The van der Waals surface area contributed by atoms with Gasteiger partial charge in [0, 0.05) is 5.69 Å². The normalized spacial score (nSPS) is 9.40. The molecule has 0 spiro atoms. The fourth-order valence-corrected chi connectivity index (χ4v) is 0.820. The van der Waals surface area contributed by atoms with Gasteiger partial charge in [-0.3, -0.25) is 0 Å². The molecule has 0 bridgehead atoms. The van der Waals surface area contributed by atoms with Crippen LogP contribution in [0.5, 0.6) is 0 Å². The molecule has 10 heavy (non-hydrogen) atoms. The summed E-state index contributed by atoms with van der Waals surface area (Å²) in [7, 11) is 2.39. The van der Waals surface area contributed by atoms with Crippen molar-refractivity contribution in [2.75, 3.05) is 4.78 Å². The van der Waals surface area contributed by atoms with Gasteiger partial charge in [-0.25, -0.2) is 0 Å². The third-order valence-electron chi connectivity index (χ3n) is 1.15. The Morgan fingerprint density at radius 1 is 1.30 bits per heavy atom. The maximum absolute atomic E-state index is 5.03. The monoisotopic (exact) mass is 154 g/mol. The van der Waals surface area contributed by atoms with Gasteiger partial charge in [-0.15, -0.1) is 0 Å². The molecule has 0 heterocycles. The van der Waals surface area contributed by atoms with E-state index in [1.807, 2.05) is 30.3 Å². The second kappa shape index (κ2) is 3.52. The molecule has 0 amide bonds. The van der Waals surface area contributed by atoms with Crippen molar-refractivity contribution in [2.24, 2.45) is 5.84 Å². The van der Waals surface area contributed by atoms with E-state index in [1.54, 1.807) is 0 Å². The van der Waals surface area contributed by atoms with Crippen molar-refractivity contribution in [1.29, 1.82) is 0 Å². The summed E-state index contributed by atoms with van der Waals surface area (Å²) in [5.41, 5.74) is 4.41. The Morgan fingerprint density at radius 2 is 1.90 bits per heavy atom. The first kappa shape index (κ1) is 7.48. The number of nitrogens with zero attached hydrogens (tertiary/aromatic N) is 2. The van der Waals surface area contributed by atoms with Gasteiger partial charge in [0.05, 0.1) is 0 Å². The molecule has 1 rings (SSSR count). The van der Waals surface area contributed by atoms with E-state index in [4.69, 9.17) is 5.84 Å². The SMILES string of the molecule is N[N-]N(P)c1ccccc1. The summed E-state index contributed by atoms with van der Waals surface area (Å²) in [5, 5.41) is 0. The van der Waals surface area contributed by atoms with E-state index in [0.717, 1.165) is 5.69 Å². The molecule has 0 radical (unpaired) electrons. The van der Waals surface area contributed by atoms with Crippen LogP contribution in [0.3, 0.4) is 0 Å². The van der Waals surface area contributed by atoms with Crippen LogP contribution in [-0.4, -0.2) is 0 Å². The van der Waals surface area contributed by atoms with Gasteiger partial charge >= 0.3 is 0 Å². The van der Waals surface area contributed by atoms with E-state index in [1.165, 1.54) is 4.78 Å². The lowest BCUT2D eigenvalue weighted by Crippen LogP contribution is -2.06. The number of para-hydroxylation sites is 1. The highest BCUT2D eigenvalue weighted by Gasteiger charge is 1.85. The zero-order chi connectivity index (χ0) is 7.40. The maximum atomic E-state index is 5.03. The van der Waals surface area contributed by atoms with Crippen molar-refractivity contribution in [1.82, 2.24) is 0 Å². The molecule has 2 N–H and O–H groups in total. The predicted molar refractivity (Wildman–Crippen MR) is 46.2 cm³/mol. The highest BCUT2D eigenvalue weighted by atomic mass is 31.0. The zero-order valence-corrected chi connectivity index (χ0v) is 6.59. The molecule has 1 aromatic carbocycles. The molecule has 54 valence electrons. The van der Waals surface area contributed by atoms with Crippen molar-refractivity contribution in [2.45, 2.75) is 0 Å². The molecular formula is C6H9N3P-. The molecule has 0 aliphatic heterocycles. The lowest BCUT2D eigenvalue weighted by molar-refractivity contribution is 1.25. The molecule has 1 aromatic rings. The summed E-state index contributed by atoms with van der Waals surface area (Å²) in [6.45, 7) is 0. The quantitative estimate of drug-likeness (QED) is 0.398. The van der Waals surface area contributed by atoms with Crippen LogP contribution in [0.1, 0.15) is 0 Å². The number of anilines is 1. The van der Waals surface area contributed by atoms with Crippen LogP contribution >= 0.6 is 9.39 Å². The van der Waals surface area contributed by atoms with Gasteiger partial charge in [0.1, 0.15) is 0 Å². The van der Waals surface area contributed by atoms with Gasteiger partial charge in [-0.05, 0) is 12.1 Å². The maximum Gasteiger partial charge on any atom is 0.0232 e. The summed E-state index contributed by atoms with van der Waals surface area (Å²) >= 11 is 0. The predicted octanol–water partition coefficient (Wildman–Crippen LogP) is 1.45. The lowest BCUT2D eigenvalue weighted by atomic mass is 10.3. The Bertz CT molecular complexity index is 189. The molecule has 1 unspecified atom stereocenters. The molecule has 1 atom stereocenters. The Labute approximate surface area is 62.4 Å². The van der Waals surface area contributed by atoms with E-state index in [0.29, 0.717) is 0 Å². The standard InChI is InChI=1S/C6H9N3P/c7-8-9(10)6-4-2-1-3-5-6/h1-5H,7,10H2/q-1. The molecule has 3 nitrogen and oxygen atoms in total. The molecule has 0 saturated carbocycles. The minimum atomic E-state index is 0.954. The van der Waals surface area contributed by atoms with Crippen LogP contribution in [0, 0.1) is 0 Å². The van der Waals surface area contributed by atoms with Gasteiger partial charge < -0.3 is 16.2 Å². The van der Waals surface area contributed by atoms with Crippen LogP contribution in [0.4, 0.5) is 5.69 Å². The minimum absolute atomic E-state index is 0.954. The Morgan fingerprint density at radius 3 is 2.40 bits per heavy atom. The summed E-state index contributed by atoms with van der Waals surface area (Å²) in [6, 6.07) is 9.64. The fourth-order valence-electron chi connectivity index (χ4n) is 0.647. The van der Waals surface area contributed by atoms with Crippen LogP contribution in [0.2, 0.25) is 0 Å².